The van der Waals surface area contributed by atoms with Gasteiger partial charge in [0.1, 0.15) is 5.75 Å². The predicted molar refractivity (Wildman–Crippen MR) is 80.4 cm³/mol. The van der Waals surface area contributed by atoms with Gasteiger partial charge in [0.25, 0.3) is 0 Å². The second-order valence-corrected chi connectivity index (χ2v) is 6.50. The lowest BCUT2D eigenvalue weighted by Gasteiger charge is -2.39. The molecule has 0 bridgehead atoms. The van der Waals surface area contributed by atoms with Crippen molar-refractivity contribution in [3.8, 4) is 5.75 Å². The summed E-state index contributed by atoms with van der Waals surface area (Å²) in [5.41, 5.74) is 7.84. The second-order valence-electron chi connectivity index (χ2n) is 6.50. The van der Waals surface area contributed by atoms with Gasteiger partial charge in [-0.15, -0.1) is 0 Å². The van der Waals surface area contributed by atoms with Gasteiger partial charge in [-0.1, -0.05) is 31.9 Å². The number of nitrogens with two attached hydrogens (primary N) is 1. The van der Waals surface area contributed by atoms with Crippen molar-refractivity contribution in [3.63, 3.8) is 0 Å². The van der Waals surface area contributed by atoms with Crippen LogP contribution in [0.1, 0.15) is 45.1 Å². The fourth-order valence-electron chi connectivity index (χ4n) is 3.36. The Morgan fingerprint density at radius 2 is 1.95 bits per heavy atom. The summed E-state index contributed by atoms with van der Waals surface area (Å²) in [6.07, 6.45) is 6.22. The predicted octanol–water partition coefficient (Wildman–Crippen LogP) is 3.78. The Hall–Kier alpha value is -1.02. The zero-order chi connectivity index (χ0) is 13.9. The number of rotatable bonds is 4. The Bertz CT molecular complexity index is 396. The molecule has 0 heterocycles. The molecule has 0 saturated heterocycles. The van der Waals surface area contributed by atoms with E-state index in [1.807, 2.05) is 12.1 Å². The molecule has 1 saturated carbocycles. The third kappa shape index (κ3) is 3.73. The average molecular weight is 261 g/mol. The molecular formula is C17H27NO. The Kier molecular flexibility index (Phi) is 4.51. The SMILES string of the molecule is COc1ccc(CC(C)(N)C2CCCC(C)C2)cc1. The first-order valence-corrected chi connectivity index (χ1v) is 7.43. The van der Waals surface area contributed by atoms with Crippen LogP contribution in [0.2, 0.25) is 0 Å². The lowest BCUT2D eigenvalue weighted by atomic mass is 9.70. The van der Waals surface area contributed by atoms with Crippen LogP contribution in [-0.4, -0.2) is 12.6 Å². The molecule has 0 radical (unpaired) electrons. The van der Waals surface area contributed by atoms with Gasteiger partial charge in [-0.3, -0.25) is 0 Å². The van der Waals surface area contributed by atoms with Gasteiger partial charge in [0.15, 0.2) is 0 Å². The molecule has 1 aliphatic rings. The summed E-state index contributed by atoms with van der Waals surface area (Å²) < 4.78 is 5.20. The molecule has 2 nitrogen and oxygen atoms in total. The lowest BCUT2D eigenvalue weighted by Crippen LogP contribution is -2.47. The summed E-state index contributed by atoms with van der Waals surface area (Å²) in [6, 6.07) is 8.32. The molecule has 19 heavy (non-hydrogen) atoms. The van der Waals surface area contributed by atoms with Gasteiger partial charge in [0.2, 0.25) is 0 Å². The molecule has 0 aromatic heterocycles. The van der Waals surface area contributed by atoms with E-state index in [4.69, 9.17) is 10.5 Å². The van der Waals surface area contributed by atoms with Gasteiger partial charge in [-0.25, -0.2) is 0 Å². The number of ether oxygens (including phenoxy) is 1. The highest BCUT2D eigenvalue weighted by molar-refractivity contribution is 5.28. The van der Waals surface area contributed by atoms with Crippen molar-refractivity contribution in [2.24, 2.45) is 17.6 Å². The number of hydrogen-bond acceptors (Lipinski definition) is 2. The standard InChI is InChI=1S/C17H27NO/c1-13-5-4-6-15(11-13)17(2,18)12-14-7-9-16(19-3)10-8-14/h7-10,13,15H,4-6,11-12,18H2,1-3H3. The van der Waals surface area contributed by atoms with E-state index in [-0.39, 0.29) is 5.54 Å². The maximum atomic E-state index is 6.63. The average Bonchev–Trinajstić information content (AvgIpc) is 2.39. The quantitative estimate of drug-likeness (QED) is 0.895. The van der Waals surface area contributed by atoms with Crippen molar-refractivity contribution >= 4 is 0 Å². The van der Waals surface area contributed by atoms with Gasteiger partial charge in [-0.2, -0.15) is 0 Å². The normalized spacial score (nSPS) is 26.7. The lowest BCUT2D eigenvalue weighted by molar-refractivity contribution is 0.183. The van der Waals surface area contributed by atoms with Crippen molar-refractivity contribution in [2.75, 3.05) is 7.11 Å². The second kappa shape index (κ2) is 5.96. The number of methoxy groups -OCH3 is 1. The molecule has 106 valence electrons. The molecule has 1 aromatic carbocycles. The number of hydrogen-bond donors (Lipinski definition) is 1. The molecule has 2 heteroatoms. The summed E-state index contributed by atoms with van der Waals surface area (Å²) in [6.45, 7) is 4.58. The van der Waals surface area contributed by atoms with Crippen LogP contribution in [0.3, 0.4) is 0 Å². The van der Waals surface area contributed by atoms with Crippen LogP contribution >= 0.6 is 0 Å². The highest BCUT2D eigenvalue weighted by Crippen LogP contribution is 2.36. The van der Waals surface area contributed by atoms with Gasteiger partial charge in [0.05, 0.1) is 7.11 Å². The van der Waals surface area contributed by atoms with E-state index in [1.54, 1.807) is 7.11 Å². The van der Waals surface area contributed by atoms with Crippen LogP contribution in [0.25, 0.3) is 0 Å². The Balaban J connectivity index is 2.02. The summed E-state index contributed by atoms with van der Waals surface area (Å²) in [7, 11) is 1.70. The smallest absolute Gasteiger partial charge is 0.118 e. The summed E-state index contributed by atoms with van der Waals surface area (Å²) in [4.78, 5) is 0. The van der Waals surface area contributed by atoms with E-state index < -0.39 is 0 Å². The fourth-order valence-corrected chi connectivity index (χ4v) is 3.36. The molecule has 3 unspecified atom stereocenters. The molecular weight excluding hydrogens is 234 g/mol. The van der Waals surface area contributed by atoms with Gasteiger partial charge in [0, 0.05) is 5.54 Å². The maximum absolute atomic E-state index is 6.63. The molecule has 0 spiro atoms. The third-order valence-electron chi connectivity index (χ3n) is 4.61. The van der Waals surface area contributed by atoms with Crippen LogP contribution < -0.4 is 10.5 Å². The molecule has 1 aliphatic carbocycles. The molecule has 2 rings (SSSR count). The molecule has 1 aromatic rings. The van der Waals surface area contributed by atoms with Gasteiger partial charge in [-0.05, 0) is 55.7 Å². The summed E-state index contributed by atoms with van der Waals surface area (Å²) >= 11 is 0. The molecule has 2 N–H and O–H groups in total. The van der Waals surface area contributed by atoms with E-state index >= 15 is 0 Å². The Morgan fingerprint density at radius 1 is 1.26 bits per heavy atom. The summed E-state index contributed by atoms with van der Waals surface area (Å²) in [5.74, 6) is 2.39. The van der Waals surface area contributed by atoms with Crippen molar-refractivity contribution in [3.05, 3.63) is 29.8 Å². The third-order valence-corrected chi connectivity index (χ3v) is 4.61. The monoisotopic (exact) mass is 261 g/mol. The highest BCUT2D eigenvalue weighted by Gasteiger charge is 2.33. The first kappa shape index (κ1) is 14.4. The molecule has 0 amide bonds. The number of benzene rings is 1. The van der Waals surface area contributed by atoms with E-state index in [1.165, 1.54) is 31.2 Å². The minimum absolute atomic E-state index is 0.0940. The maximum Gasteiger partial charge on any atom is 0.118 e. The Morgan fingerprint density at radius 3 is 2.53 bits per heavy atom. The highest BCUT2D eigenvalue weighted by atomic mass is 16.5. The van der Waals surface area contributed by atoms with Gasteiger partial charge >= 0.3 is 0 Å². The van der Waals surface area contributed by atoms with Crippen molar-refractivity contribution in [1.82, 2.24) is 0 Å². The fraction of sp³-hybridized carbons (Fsp3) is 0.647. The minimum Gasteiger partial charge on any atom is -0.497 e. The minimum atomic E-state index is -0.0940. The van der Waals surface area contributed by atoms with Crippen molar-refractivity contribution in [1.29, 1.82) is 0 Å². The van der Waals surface area contributed by atoms with Crippen LogP contribution in [0.5, 0.6) is 5.75 Å². The summed E-state index contributed by atoms with van der Waals surface area (Å²) in [5, 5.41) is 0. The van der Waals surface area contributed by atoms with E-state index in [9.17, 15) is 0 Å². The zero-order valence-electron chi connectivity index (χ0n) is 12.5. The first-order chi connectivity index (χ1) is 9.01. The van der Waals surface area contributed by atoms with E-state index in [0.29, 0.717) is 5.92 Å². The van der Waals surface area contributed by atoms with Crippen molar-refractivity contribution < 1.29 is 4.74 Å². The Labute approximate surface area is 117 Å². The largest absolute Gasteiger partial charge is 0.497 e. The van der Waals surface area contributed by atoms with Crippen LogP contribution in [0.15, 0.2) is 24.3 Å². The van der Waals surface area contributed by atoms with Gasteiger partial charge < -0.3 is 10.5 Å². The molecule has 0 aliphatic heterocycles. The first-order valence-electron chi connectivity index (χ1n) is 7.43. The zero-order valence-corrected chi connectivity index (χ0v) is 12.5. The topological polar surface area (TPSA) is 35.2 Å². The molecule has 3 atom stereocenters. The van der Waals surface area contributed by atoms with Crippen LogP contribution in [0, 0.1) is 11.8 Å². The van der Waals surface area contributed by atoms with Crippen molar-refractivity contribution in [2.45, 2.75) is 51.5 Å². The molecule has 1 fully saturated rings. The van der Waals surface area contributed by atoms with E-state index in [2.05, 4.69) is 26.0 Å². The van der Waals surface area contributed by atoms with Crippen LogP contribution in [-0.2, 0) is 6.42 Å². The van der Waals surface area contributed by atoms with Crippen LogP contribution in [0.4, 0.5) is 0 Å². The van der Waals surface area contributed by atoms with E-state index in [0.717, 1.165) is 18.1 Å².